The predicted molar refractivity (Wildman–Crippen MR) is 74.1 cm³/mol. The minimum atomic E-state index is -0.470. The zero-order valence-electron chi connectivity index (χ0n) is 10.4. The van der Waals surface area contributed by atoms with Gasteiger partial charge in [0.05, 0.1) is 5.92 Å². The van der Waals surface area contributed by atoms with Gasteiger partial charge in [-0.1, -0.05) is 29.8 Å². The average molecular weight is 277 g/mol. The molecule has 0 aromatic heterocycles. The first-order valence-electron chi connectivity index (χ1n) is 5.82. The number of nitrogens with zero attached hydrogens (tertiary/aromatic N) is 2. The van der Waals surface area contributed by atoms with Crippen LogP contribution in [0.2, 0.25) is 5.02 Å². The van der Waals surface area contributed by atoms with Crippen molar-refractivity contribution in [2.45, 2.75) is 6.54 Å². The van der Waals surface area contributed by atoms with Crippen LogP contribution in [-0.2, 0) is 16.1 Å². The Morgan fingerprint density at radius 1 is 1.47 bits per heavy atom. The van der Waals surface area contributed by atoms with Crippen LogP contribution in [0.4, 0.5) is 0 Å². The fourth-order valence-corrected chi connectivity index (χ4v) is 2.03. The molecule has 1 aromatic carbocycles. The van der Waals surface area contributed by atoms with E-state index in [-0.39, 0.29) is 11.8 Å². The highest BCUT2D eigenvalue weighted by molar-refractivity contribution is 6.30. The third-order valence-corrected chi connectivity index (χ3v) is 3.01. The van der Waals surface area contributed by atoms with Gasteiger partial charge >= 0.3 is 0 Å². The van der Waals surface area contributed by atoms with E-state index in [9.17, 15) is 9.59 Å². The summed E-state index contributed by atoms with van der Waals surface area (Å²) in [5.74, 6) is -0.907. The fraction of sp³-hybridized carbons (Fsp3) is 0.214. The van der Waals surface area contributed by atoms with E-state index in [1.54, 1.807) is 24.1 Å². The van der Waals surface area contributed by atoms with E-state index in [1.165, 1.54) is 12.3 Å². The minimum absolute atomic E-state index is 0.104. The van der Waals surface area contributed by atoms with E-state index in [0.717, 1.165) is 5.56 Å². The standard InChI is InChI=1S/C14H13ClN2O2/c1-17(9-10-3-2-4-12(15)7-10)14(19)11-5-6-13(18)16-8-11/h2-8,11H,9H2,1H3. The van der Waals surface area contributed by atoms with Crippen molar-refractivity contribution in [3.8, 4) is 0 Å². The number of carbonyl (C=O) groups excluding carboxylic acids is 2. The molecule has 1 unspecified atom stereocenters. The number of rotatable bonds is 3. The third-order valence-electron chi connectivity index (χ3n) is 2.78. The van der Waals surface area contributed by atoms with E-state index in [2.05, 4.69) is 4.99 Å². The van der Waals surface area contributed by atoms with Crippen LogP contribution in [0.15, 0.2) is 41.4 Å². The zero-order chi connectivity index (χ0) is 13.8. The summed E-state index contributed by atoms with van der Waals surface area (Å²) in [4.78, 5) is 28.2. The molecule has 0 aliphatic carbocycles. The molecule has 98 valence electrons. The molecule has 1 aromatic rings. The number of halogens is 1. The normalized spacial score (nSPS) is 17.6. The average Bonchev–Trinajstić information content (AvgIpc) is 2.39. The SMILES string of the molecule is CN(Cc1cccc(Cl)c1)C(=O)C1C=CC(=O)N=C1. The van der Waals surface area contributed by atoms with Gasteiger partial charge in [0.2, 0.25) is 5.91 Å². The van der Waals surface area contributed by atoms with Gasteiger partial charge in [-0.25, -0.2) is 4.99 Å². The highest BCUT2D eigenvalue weighted by Crippen LogP contribution is 2.14. The smallest absolute Gasteiger partial charge is 0.269 e. The first-order valence-corrected chi connectivity index (χ1v) is 6.20. The summed E-state index contributed by atoms with van der Waals surface area (Å²) >= 11 is 5.90. The van der Waals surface area contributed by atoms with Crippen LogP contribution in [0.25, 0.3) is 0 Å². The first kappa shape index (κ1) is 13.5. The second-order valence-electron chi connectivity index (χ2n) is 4.33. The number of amides is 2. The summed E-state index contributed by atoms with van der Waals surface area (Å²) in [5, 5.41) is 0.642. The van der Waals surface area contributed by atoms with Gasteiger partial charge in [-0.2, -0.15) is 0 Å². The van der Waals surface area contributed by atoms with Crippen molar-refractivity contribution in [2.75, 3.05) is 7.05 Å². The van der Waals surface area contributed by atoms with Gasteiger partial charge in [-0.05, 0) is 17.7 Å². The van der Waals surface area contributed by atoms with Gasteiger partial charge in [0.15, 0.2) is 0 Å². The Labute approximate surface area is 116 Å². The number of benzene rings is 1. The van der Waals surface area contributed by atoms with Crippen LogP contribution in [0, 0.1) is 5.92 Å². The second kappa shape index (κ2) is 5.80. The molecule has 1 aliphatic heterocycles. The molecule has 0 saturated carbocycles. The van der Waals surface area contributed by atoms with E-state index in [1.807, 2.05) is 18.2 Å². The number of hydrogen-bond acceptors (Lipinski definition) is 2. The maximum atomic E-state index is 12.1. The van der Waals surface area contributed by atoms with Crippen molar-refractivity contribution in [1.29, 1.82) is 0 Å². The van der Waals surface area contributed by atoms with E-state index in [0.29, 0.717) is 11.6 Å². The molecule has 2 amide bonds. The Morgan fingerprint density at radius 2 is 2.26 bits per heavy atom. The van der Waals surface area contributed by atoms with Crippen molar-refractivity contribution in [3.63, 3.8) is 0 Å². The van der Waals surface area contributed by atoms with Crippen molar-refractivity contribution < 1.29 is 9.59 Å². The molecular weight excluding hydrogens is 264 g/mol. The molecule has 2 rings (SSSR count). The molecule has 0 radical (unpaired) electrons. The summed E-state index contributed by atoms with van der Waals surface area (Å²) in [6.45, 7) is 0.464. The summed E-state index contributed by atoms with van der Waals surface area (Å²) < 4.78 is 0. The van der Waals surface area contributed by atoms with Gasteiger partial charge in [0.1, 0.15) is 0 Å². The summed E-state index contributed by atoms with van der Waals surface area (Å²) in [5.41, 5.74) is 0.955. The Kier molecular flexibility index (Phi) is 4.12. The maximum absolute atomic E-state index is 12.1. The van der Waals surface area contributed by atoms with Crippen LogP contribution < -0.4 is 0 Å². The lowest BCUT2D eigenvalue weighted by Gasteiger charge is -2.20. The molecule has 0 N–H and O–H groups in total. The topological polar surface area (TPSA) is 49.7 Å². The predicted octanol–water partition coefficient (Wildman–Crippen LogP) is 2.08. The second-order valence-corrected chi connectivity index (χ2v) is 4.76. The molecule has 4 nitrogen and oxygen atoms in total. The van der Waals surface area contributed by atoms with Gasteiger partial charge < -0.3 is 4.90 Å². The first-order chi connectivity index (χ1) is 9.06. The quantitative estimate of drug-likeness (QED) is 0.849. The van der Waals surface area contributed by atoms with Crippen LogP contribution in [-0.4, -0.2) is 30.0 Å². The number of aliphatic imine (C=N–C) groups is 1. The van der Waals surface area contributed by atoms with Crippen LogP contribution in [0.1, 0.15) is 5.56 Å². The van der Waals surface area contributed by atoms with Crippen molar-refractivity contribution in [3.05, 3.63) is 47.0 Å². The lowest BCUT2D eigenvalue weighted by Crippen LogP contribution is -2.33. The van der Waals surface area contributed by atoms with E-state index < -0.39 is 5.92 Å². The van der Waals surface area contributed by atoms with E-state index >= 15 is 0 Å². The Hall–Kier alpha value is -1.94. The highest BCUT2D eigenvalue weighted by Gasteiger charge is 2.20. The minimum Gasteiger partial charge on any atom is -0.341 e. The molecule has 0 saturated heterocycles. The van der Waals surface area contributed by atoms with Crippen molar-refractivity contribution in [1.82, 2.24) is 4.90 Å². The van der Waals surface area contributed by atoms with Crippen molar-refractivity contribution >= 4 is 29.6 Å². The Morgan fingerprint density at radius 3 is 2.89 bits per heavy atom. The fourth-order valence-electron chi connectivity index (χ4n) is 1.82. The molecule has 1 atom stereocenters. The molecule has 19 heavy (non-hydrogen) atoms. The van der Waals surface area contributed by atoms with Gasteiger partial charge in [-0.3, -0.25) is 9.59 Å². The molecule has 0 spiro atoms. The highest BCUT2D eigenvalue weighted by atomic mass is 35.5. The van der Waals surface area contributed by atoms with Gasteiger partial charge in [0.25, 0.3) is 5.91 Å². The molecule has 1 aliphatic rings. The summed E-state index contributed by atoms with van der Waals surface area (Å²) in [6, 6.07) is 7.36. The number of carbonyl (C=O) groups is 2. The van der Waals surface area contributed by atoms with Gasteiger partial charge in [0, 0.05) is 30.9 Å². The van der Waals surface area contributed by atoms with E-state index in [4.69, 9.17) is 11.6 Å². The largest absolute Gasteiger partial charge is 0.341 e. The van der Waals surface area contributed by atoms with Crippen LogP contribution in [0.3, 0.4) is 0 Å². The molecule has 1 heterocycles. The Bertz CT molecular complexity index is 550. The molecule has 5 heteroatoms. The number of dihydropyridines is 1. The third kappa shape index (κ3) is 3.51. The zero-order valence-corrected chi connectivity index (χ0v) is 11.2. The Balaban J connectivity index is 2.02. The lowest BCUT2D eigenvalue weighted by atomic mass is 10.1. The van der Waals surface area contributed by atoms with Gasteiger partial charge in [-0.15, -0.1) is 0 Å². The van der Waals surface area contributed by atoms with Crippen molar-refractivity contribution in [2.24, 2.45) is 10.9 Å². The molecule has 0 fully saturated rings. The summed E-state index contributed by atoms with van der Waals surface area (Å²) in [7, 11) is 1.71. The monoisotopic (exact) mass is 276 g/mol. The van der Waals surface area contributed by atoms with Crippen LogP contribution in [0.5, 0.6) is 0 Å². The summed E-state index contributed by atoms with van der Waals surface area (Å²) in [6.07, 6.45) is 4.25. The lowest BCUT2D eigenvalue weighted by molar-refractivity contribution is -0.131. The molecule has 0 bridgehead atoms. The maximum Gasteiger partial charge on any atom is 0.269 e. The molecular formula is C14H13ClN2O2. The number of hydrogen-bond donors (Lipinski definition) is 0. The van der Waals surface area contributed by atoms with Crippen LogP contribution >= 0.6 is 11.6 Å².